The van der Waals surface area contributed by atoms with E-state index in [0.29, 0.717) is 12.8 Å². The van der Waals surface area contributed by atoms with Crippen LogP contribution in [-0.2, 0) is 28.6 Å². The van der Waals surface area contributed by atoms with E-state index in [1.807, 2.05) is 42.5 Å². The third kappa shape index (κ3) is 39.0. The minimum atomic E-state index is -0.850. The van der Waals surface area contributed by atoms with Crippen LogP contribution in [-0.4, -0.2) is 37.2 Å². The molecule has 0 aliphatic heterocycles. The molecule has 0 saturated carbocycles. The highest BCUT2D eigenvalue weighted by molar-refractivity contribution is 5.72. The van der Waals surface area contributed by atoms with Gasteiger partial charge in [0, 0.05) is 12.8 Å². The van der Waals surface area contributed by atoms with Crippen LogP contribution < -0.4 is 0 Å². The second-order valence-electron chi connectivity index (χ2n) is 12.9. The van der Waals surface area contributed by atoms with Crippen LogP contribution in [0.5, 0.6) is 0 Å². The fourth-order valence-electron chi connectivity index (χ4n) is 4.80. The lowest BCUT2D eigenvalue weighted by Gasteiger charge is -2.18. The predicted octanol–water partition coefficient (Wildman–Crippen LogP) is 13.0. The standard InChI is InChI=1S/C48H72O6/c1-4-7-10-13-16-19-20-21-22-23-24-25-26-27-30-32-35-38-41-47(50)53-44-45(54-48(51)42-39-36-33-29-18-15-12-9-6-3)43-52-46(49)40-37-34-31-28-17-14-11-8-5-2/h8-13,16-25,28-29,36,39,45H,4-7,14-15,26-27,30-35,37-38,40-44H2,1-3H3/b11-8-,12-9-,13-10-,19-16-,21-20-,23-22-,25-24-,28-17-,29-18-,39-36-. The summed E-state index contributed by atoms with van der Waals surface area (Å²) in [6.07, 6.45) is 56.5. The van der Waals surface area contributed by atoms with Crippen LogP contribution >= 0.6 is 0 Å². The fourth-order valence-corrected chi connectivity index (χ4v) is 4.80. The molecule has 0 spiro atoms. The van der Waals surface area contributed by atoms with Crippen molar-refractivity contribution < 1.29 is 28.6 Å². The van der Waals surface area contributed by atoms with Gasteiger partial charge in [0.25, 0.3) is 0 Å². The summed E-state index contributed by atoms with van der Waals surface area (Å²) in [4.78, 5) is 37.4. The summed E-state index contributed by atoms with van der Waals surface area (Å²) in [7, 11) is 0. The van der Waals surface area contributed by atoms with E-state index in [0.717, 1.165) is 89.9 Å². The van der Waals surface area contributed by atoms with E-state index in [1.165, 1.54) is 6.42 Å². The third-order valence-corrected chi connectivity index (χ3v) is 7.82. The van der Waals surface area contributed by atoms with Crippen molar-refractivity contribution >= 4 is 17.9 Å². The van der Waals surface area contributed by atoms with E-state index in [4.69, 9.17) is 14.2 Å². The molecule has 0 aromatic heterocycles. The van der Waals surface area contributed by atoms with Crippen molar-refractivity contribution in [3.05, 3.63) is 122 Å². The van der Waals surface area contributed by atoms with Gasteiger partial charge in [-0.3, -0.25) is 14.4 Å². The van der Waals surface area contributed by atoms with Gasteiger partial charge in [-0.15, -0.1) is 0 Å². The SMILES string of the molecule is CC/C=C\C/C=C\C/C=C\CC(=O)OC(COC(=O)CCCC/C=C\C/C=C\CC)COC(=O)CCCCCCC\C=C/C=C\C=C/C=C\C=C/CCC. The van der Waals surface area contributed by atoms with Gasteiger partial charge in [0.2, 0.25) is 0 Å². The van der Waals surface area contributed by atoms with Crippen molar-refractivity contribution in [1.82, 2.24) is 0 Å². The molecule has 0 heterocycles. The monoisotopic (exact) mass is 745 g/mol. The van der Waals surface area contributed by atoms with Crippen molar-refractivity contribution in [3.8, 4) is 0 Å². The number of unbranched alkanes of at least 4 members (excludes halogenated alkanes) is 8. The molecule has 0 aromatic carbocycles. The number of carbonyl (C=O) groups is 3. The molecule has 0 saturated heterocycles. The Kier molecular flexibility index (Phi) is 38.3. The van der Waals surface area contributed by atoms with Crippen molar-refractivity contribution in [2.45, 2.75) is 149 Å². The minimum Gasteiger partial charge on any atom is -0.462 e. The Balaban J connectivity index is 4.50. The van der Waals surface area contributed by atoms with Gasteiger partial charge >= 0.3 is 17.9 Å². The van der Waals surface area contributed by atoms with Crippen LogP contribution in [0.25, 0.3) is 0 Å². The Morgan fingerprint density at radius 3 is 1.43 bits per heavy atom. The molecule has 300 valence electrons. The van der Waals surface area contributed by atoms with Crippen LogP contribution in [0.4, 0.5) is 0 Å². The second-order valence-corrected chi connectivity index (χ2v) is 12.9. The maximum atomic E-state index is 12.6. The Labute approximate surface area is 329 Å². The molecule has 6 nitrogen and oxygen atoms in total. The van der Waals surface area contributed by atoms with Gasteiger partial charge in [0.1, 0.15) is 13.2 Å². The van der Waals surface area contributed by atoms with E-state index < -0.39 is 12.1 Å². The molecule has 6 heteroatoms. The smallest absolute Gasteiger partial charge is 0.310 e. The van der Waals surface area contributed by atoms with E-state index in [9.17, 15) is 14.4 Å². The van der Waals surface area contributed by atoms with Gasteiger partial charge < -0.3 is 14.2 Å². The van der Waals surface area contributed by atoms with Crippen LogP contribution in [0.1, 0.15) is 143 Å². The molecule has 0 radical (unpaired) electrons. The first-order valence-corrected chi connectivity index (χ1v) is 20.6. The Morgan fingerprint density at radius 2 is 0.852 bits per heavy atom. The lowest BCUT2D eigenvalue weighted by atomic mass is 10.1. The Hall–Kier alpha value is -4.19. The second kappa shape index (κ2) is 41.6. The predicted molar refractivity (Wildman–Crippen MR) is 228 cm³/mol. The maximum Gasteiger partial charge on any atom is 0.310 e. The molecule has 0 fully saturated rings. The molecule has 0 bridgehead atoms. The third-order valence-electron chi connectivity index (χ3n) is 7.82. The molecule has 0 rings (SSSR count). The number of carbonyl (C=O) groups excluding carboxylic acids is 3. The first-order chi connectivity index (χ1) is 26.5. The number of hydrogen-bond acceptors (Lipinski definition) is 6. The van der Waals surface area contributed by atoms with Gasteiger partial charge in [-0.1, -0.05) is 168 Å². The number of esters is 3. The van der Waals surface area contributed by atoms with Crippen LogP contribution in [0.3, 0.4) is 0 Å². The summed E-state index contributed by atoms with van der Waals surface area (Å²) >= 11 is 0. The van der Waals surface area contributed by atoms with Crippen molar-refractivity contribution in [1.29, 1.82) is 0 Å². The van der Waals surface area contributed by atoms with Crippen molar-refractivity contribution in [2.75, 3.05) is 13.2 Å². The summed E-state index contributed by atoms with van der Waals surface area (Å²) in [5.74, 6) is -1.15. The van der Waals surface area contributed by atoms with Crippen LogP contribution in [0.15, 0.2) is 122 Å². The van der Waals surface area contributed by atoms with E-state index in [1.54, 1.807) is 6.08 Å². The Bertz CT molecular complexity index is 1220. The van der Waals surface area contributed by atoms with Crippen molar-refractivity contribution in [3.63, 3.8) is 0 Å². The van der Waals surface area contributed by atoms with Gasteiger partial charge in [0.05, 0.1) is 6.42 Å². The largest absolute Gasteiger partial charge is 0.462 e. The van der Waals surface area contributed by atoms with Crippen molar-refractivity contribution in [2.24, 2.45) is 0 Å². The lowest BCUT2D eigenvalue weighted by Crippen LogP contribution is -2.30. The zero-order chi connectivity index (χ0) is 39.4. The van der Waals surface area contributed by atoms with Gasteiger partial charge in [-0.2, -0.15) is 0 Å². The number of hydrogen-bond donors (Lipinski definition) is 0. The highest BCUT2D eigenvalue weighted by Crippen LogP contribution is 2.10. The van der Waals surface area contributed by atoms with E-state index in [2.05, 4.69) is 93.7 Å². The summed E-state index contributed by atoms with van der Waals surface area (Å²) < 4.78 is 16.4. The molecule has 0 N–H and O–H groups in total. The molecule has 0 aromatic rings. The quantitative estimate of drug-likeness (QED) is 0.0215. The molecule has 0 amide bonds. The molecular weight excluding hydrogens is 673 g/mol. The number of ether oxygens (including phenoxy) is 3. The minimum absolute atomic E-state index is 0.0862. The van der Waals surface area contributed by atoms with E-state index in [-0.39, 0.29) is 38.0 Å². The average Bonchev–Trinajstić information content (AvgIpc) is 3.17. The molecule has 1 atom stereocenters. The molecule has 54 heavy (non-hydrogen) atoms. The Morgan fingerprint density at radius 1 is 0.426 bits per heavy atom. The summed E-state index contributed by atoms with van der Waals surface area (Å²) in [6, 6.07) is 0. The molecule has 1 unspecified atom stereocenters. The number of rotatable bonds is 34. The number of allylic oxidation sites excluding steroid dienone is 19. The first kappa shape index (κ1) is 49.8. The average molecular weight is 745 g/mol. The topological polar surface area (TPSA) is 78.9 Å². The summed E-state index contributed by atoms with van der Waals surface area (Å²) in [5.41, 5.74) is 0. The fraction of sp³-hybridized carbons (Fsp3) is 0.521. The van der Waals surface area contributed by atoms with Gasteiger partial charge in [-0.25, -0.2) is 0 Å². The molecule has 0 aliphatic carbocycles. The van der Waals surface area contributed by atoms with E-state index >= 15 is 0 Å². The van der Waals surface area contributed by atoms with Crippen LogP contribution in [0, 0.1) is 0 Å². The molecular formula is C48H72O6. The summed E-state index contributed by atoms with van der Waals surface area (Å²) in [6.45, 7) is 6.10. The maximum absolute atomic E-state index is 12.6. The first-order valence-electron chi connectivity index (χ1n) is 20.6. The highest BCUT2D eigenvalue weighted by Gasteiger charge is 2.19. The highest BCUT2D eigenvalue weighted by atomic mass is 16.6. The lowest BCUT2D eigenvalue weighted by molar-refractivity contribution is -0.166. The van der Waals surface area contributed by atoms with Gasteiger partial charge in [-0.05, 0) is 77.0 Å². The normalized spacial score (nSPS) is 13.3. The molecule has 0 aliphatic rings. The zero-order valence-electron chi connectivity index (χ0n) is 33.9. The van der Waals surface area contributed by atoms with Gasteiger partial charge in [0.15, 0.2) is 6.10 Å². The zero-order valence-corrected chi connectivity index (χ0v) is 33.9. The summed E-state index contributed by atoms with van der Waals surface area (Å²) in [5, 5.41) is 0. The van der Waals surface area contributed by atoms with Crippen LogP contribution in [0.2, 0.25) is 0 Å².